The summed E-state index contributed by atoms with van der Waals surface area (Å²) >= 11 is 5.30. The highest BCUT2D eigenvalue weighted by Gasteiger charge is 2.40. The van der Waals surface area contributed by atoms with E-state index in [4.69, 9.17) is 11.6 Å². The first-order valence-electron chi connectivity index (χ1n) is 5.59. The Morgan fingerprint density at radius 2 is 1.86 bits per heavy atom. The normalized spacial score (nSPS) is 12.2. The Kier molecular flexibility index (Phi) is 5.49. The molecule has 0 N–H and O–H groups in total. The van der Waals surface area contributed by atoms with Crippen molar-refractivity contribution >= 4 is 17.6 Å². The summed E-state index contributed by atoms with van der Waals surface area (Å²) in [6, 6.07) is 0. The Morgan fingerprint density at radius 3 is 2.27 bits per heavy atom. The van der Waals surface area contributed by atoms with E-state index in [9.17, 15) is 31.1 Å². The molecule has 0 amide bonds. The molecule has 1 rings (SSSR count). The molecular formula is C11H8ClF6NO3. The number of hydrogen-bond acceptors (Lipinski definition) is 4. The molecule has 0 atom stereocenters. The summed E-state index contributed by atoms with van der Waals surface area (Å²) in [6.45, 7) is 1.14. The first-order valence-corrected chi connectivity index (χ1v) is 6.12. The van der Waals surface area contributed by atoms with Gasteiger partial charge in [0.1, 0.15) is 0 Å². The zero-order chi connectivity index (χ0) is 17.1. The molecule has 0 aliphatic carbocycles. The maximum Gasteiger partial charge on any atom is 0.573 e. The van der Waals surface area contributed by atoms with Gasteiger partial charge in [-0.1, -0.05) is 0 Å². The van der Waals surface area contributed by atoms with Gasteiger partial charge in [-0.2, -0.15) is 13.2 Å². The van der Waals surface area contributed by atoms with E-state index in [1.165, 1.54) is 6.92 Å². The molecule has 0 aliphatic rings. The lowest BCUT2D eigenvalue weighted by molar-refractivity contribution is -0.275. The number of hydrogen-bond donors (Lipinski definition) is 0. The van der Waals surface area contributed by atoms with Gasteiger partial charge in [-0.25, -0.2) is 9.78 Å². The molecule has 0 saturated heterocycles. The molecule has 0 bridgehead atoms. The van der Waals surface area contributed by atoms with Crippen molar-refractivity contribution < 1.29 is 40.6 Å². The second-order valence-corrected chi connectivity index (χ2v) is 4.00. The second-order valence-electron chi connectivity index (χ2n) is 3.73. The molecule has 1 aromatic rings. The third-order valence-corrected chi connectivity index (χ3v) is 2.53. The van der Waals surface area contributed by atoms with E-state index >= 15 is 0 Å². The highest BCUT2D eigenvalue weighted by molar-refractivity contribution is 6.17. The van der Waals surface area contributed by atoms with Crippen LogP contribution < -0.4 is 4.74 Å². The molecule has 0 fully saturated rings. The number of esters is 1. The maximum absolute atomic E-state index is 12.8. The van der Waals surface area contributed by atoms with E-state index in [1.807, 2.05) is 0 Å². The highest BCUT2D eigenvalue weighted by atomic mass is 35.5. The number of alkyl halides is 7. The minimum atomic E-state index is -5.34. The fourth-order valence-electron chi connectivity index (χ4n) is 1.48. The summed E-state index contributed by atoms with van der Waals surface area (Å²) in [6.07, 6.45) is -10.2. The van der Waals surface area contributed by atoms with Gasteiger partial charge < -0.3 is 9.47 Å². The first kappa shape index (κ1) is 18.3. The van der Waals surface area contributed by atoms with Crippen molar-refractivity contribution in [2.75, 3.05) is 6.61 Å². The van der Waals surface area contributed by atoms with Crippen molar-refractivity contribution in [3.8, 4) is 5.75 Å². The van der Waals surface area contributed by atoms with Gasteiger partial charge >= 0.3 is 18.5 Å². The monoisotopic (exact) mass is 351 g/mol. The molecule has 4 nitrogen and oxygen atoms in total. The molecule has 0 radical (unpaired) electrons. The minimum absolute atomic E-state index is 0.202. The quantitative estimate of drug-likeness (QED) is 0.469. The van der Waals surface area contributed by atoms with E-state index in [0.29, 0.717) is 0 Å². The molecule has 0 spiro atoms. The summed E-state index contributed by atoms with van der Waals surface area (Å²) in [5, 5.41) is 0. The summed E-state index contributed by atoms with van der Waals surface area (Å²) in [5.74, 6) is -3.76. The molecule has 124 valence electrons. The van der Waals surface area contributed by atoms with Crippen molar-refractivity contribution in [3.05, 3.63) is 23.0 Å². The van der Waals surface area contributed by atoms with Gasteiger partial charge in [0.05, 0.1) is 18.1 Å². The van der Waals surface area contributed by atoms with Gasteiger partial charge in [0.15, 0.2) is 11.4 Å². The molecule has 1 aromatic heterocycles. The van der Waals surface area contributed by atoms with Gasteiger partial charge in [-0.15, -0.1) is 24.8 Å². The summed E-state index contributed by atoms with van der Waals surface area (Å²) in [5.41, 5.74) is -3.62. The first-order chi connectivity index (χ1) is 10.0. The molecule has 0 aliphatic heterocycles. The lowest BCUT2D eigenvalue weighted by Crippen LogP contribution is -2.23. The number of ether oxygens (including phenoxy) is 2. The minimum Gasteiger partial charge on any atom is -0.461 e. The van der Waals surface area contributed by atoms with Gasteiger partial charge in [0, 0.05) is 11.8 Å². The van der Waals surface area contributed by atoms with Crippen LogP contribution in [0, 0.1) is 0 Å². The van der Waals surface area contributed by atoms with Crippen LogP contribution in [-0.2, 0) is 16.8 Å². The Morgan fingerprint density at radius 1 is 1.27 bits per heavy atom. The number of rotatable bonds is 4. The van der Waals surface area contributed by atoms with Crippen LogP contribution >= 0.6 is 11.6 Å². The van der Waals surface area contributed by atoms with Gasteiger partial charge in [-0.3, -0.25) is 0 Å². The van der Waals surface area contributed by atoms with E-state index in [1.54, 1.807) is 0 Å². The molecule has 22 heavy (non-hydrogen) atoms. The zero-order valence-electron chi connectivity index (χ0n) is 10.8. The topological polar surface area (TPSA) is 48.4 Å². The van der Waals surface area contributed by atoms with Gasteiger partial charge in [-0.05, 0) is 6.92 Å². The molecule has 0 unspecified atom stereocenters. The van der Waals surface area contributed by atoms with Crippen molar-refractivity contribution in [3.63, 3.8) is 0 Å². The predicted octanol–water partition coefficient (Wildman–Crippen LogP) is 3.91. The van der Waals surface area contributed by atoms with Crippen LogP contribution in [0.15, 0.2) is 6.20 Å². The smallest absolute Gasteiger partial charge is 0.461 e. The average Bonchev–Trinajstić information content (AvgIpc) is 2.35. The maximum atomic E-state index is 12.8. The number of nitrogens with zero attached hydrogens (tertiary/aromatic N) is 1. The standard InChI is InChI=1S/C11H8ClF6NO3/c1-2-21-9(20)7-8(22-11(16,17)18)5(3-12)6(4-19-7)10(13,14)15/h4H,2-3H2,1H3. The van der Waals surface area contributed by atoms with E-state index < -0.39 is 47.0 Å². The van der Waals surface area contributed by atoms with Crippen molar-refractivity contribution in [1.82, 2.24) is 4.98 Å². The summed E-state index contributed by atoms with van der Waals surface area (Å²) in [7, 11) is 0. The van der Waals surface area contributed by atoms with Crippen molar-refractivity contribution in [2.24, 2.45) is 0 Å². The third kappa shape index (κ3) is 4.39. The molecule has 1 heterocycles. The van der Waals surface area contributed by atoms with Crippen LogP contribution in [0.2, 0.25) is 0 Å². The third-order valence-electron chi connectivity index (χ3n) is 2.26. The molecule has 11 heteroatoms. The number of pyridine rings is 1. The van der Waals surface area contributed by atoms with Crippen molar-refractivity contribution in [2.45, 2.75) is 25.3 Å². The number of halogens is 7. The van der Waals surface area contributed by atoms with Crippen LogP contribution in [0.3, 0.4) is 0 Å². The lowest BCUT2D eigenvalue weighted by Gasteiger charge is -2.18. The lowest BCUT2D eigenvalue weighted by atomic mass is 10.1. The second kappa shape index (κ2) is 6.59. The Hall–Kier alpha value is -1.71. The Bertz CT molecular complexity index is 558. The van der Waals surface area contributed by atoms with Crippen LogP contribution in [0.1, 0.15) is 28.5 Å². The fraction of sp³-hybridized carbons (Fsp3) is 0.455. The molecule has 0 aromatic carbocycles. The van der Waals surface area contributed by atoms with Crippen molar-refractivity contribution in [1.29, 1.82) is 0 Å². The van der Waals surface area contributed by atoms with Crippen LogP contribution in [0.25, 0.3) is 0 Å². The summed E-state index contributed by atoms with van der Waals surface area (Å²) < 4.78 is 83.4. The average molecular weight is 352 g/mol. The number of aromatic nitrogens is 1. The zero-order valence-corrected chi connectivity index (χ0v) is 11.6. The van der Waals surface area contributed by atoms with Gasteiger partial charge in [0.25, 0.3) is 0 Å². The molecular weight excluding hydrogens is 344 g/mol. The van der Waals surface area contributed by atoms with E-state index in [0.717, 1.165) is 0 Å². The SMILES string of the molecule is CCOC(=O)c1ncc(C(F)(F)F)c(CCl)c1OC(F)(F)F. The number of carbonyl (C=O) groups is 1. The number of carbonyl (C=O) groups excluding carboxylic acids is 1. The Labute approximate surface area is 125 Å². The van der Waals surface area contributed by atoms with Gasteiger partial charge in [0.2, 0.25) is 0 Å². The highest BCUT2D eigenvalue weighted by Crippen LogP contribution is 2.39. The van der Waals surface area contributed by atoms with Crippen LogP contribution in [-0.4, -0.2) is 23.9 Å². The molecule has 0 saturated carbocycles. The fourth-order valence-corrected chi connectivity index (χ4v) is 1.74. The van der Waals surface area contributed by atoms with E-state index in [-0.39, 0.29) is 12.8 Å². The summed E-state index contributed by atoms with van der Waals surface area (Å²) in [4.78, 5) is 14.6. The van der Waals surface area contributed by atoms with Crippen LogP contribution in [0.5, 0.6) is 5.75 Å². The predicted molar refractivity (Wildman–Crippen MR) is 61.4 cm³/mol. The van der Waals surface area contributed by atoms with E-state index in [2.05, 4.69) is 14.5 Å². The largest absolute Gasteiger partial charge is 0.573 e. The van der Waals surface area contributed by atoms with Crippen LogP contribution in [0.4, 0.5) is 26.3 Å². The Balaban J connectivity index is 3.56.